The highest BCUT2D eigenvalue weighted by atomic mass is 16.5. The Hall–Kier alpha value is -2.93. The second-order valence-electron chi connectivity index (χ2n) is 7.09. The third-order valence-corrected chi connectivity index (χ3v) is 4.66. The van der Waals surface area contributed by atoms with Crippen molar-refractivity contribution in [2.75, 3.05) is 31.1 Å². The standard InChI is InChI=1S/C20H22N4O3/c1-14-6-7-17-16(11-14)23-19(27-17)24-9-10-26-20(2,13-24)12-22-18(25)15-5-3-4-8-21-15/h3-8,11H,9-10,12-13H2,1-2H3,(H,22,25). The Morgan fingerprint density at radius 1 is 1.33 bits per heavy atom. The summed E-state index contributed by atoms with van der Waals surface area (Å²) >= 11 is 0. The molecule has 7 nitrogen and oxygen atoms in total. The van der Waals surface area contributed by atoms with Gasteiger partial charge in [-0.15, -0.1) is 0 Å². The van der Waals surface area contributed by atoms with Crippen molar-refractivity contribution in [3.63, 3.8) is 0 Å². The van der Waals surface area contributed by atoms with Gasteiger partial charge in [0.2, 0.25) is 0 Å². The molecule has 1 saturated heterocycles. The van der Waals surface area contributed by atoms with Gasteiger partial charge in [0.25, 0.3) is 11.9 Å². The first-order valence-corrected chi connectivity index (χ1v) is 8.98. The minimum absolute atomic E-state index is 0.213. The molecule has 1 fully saturated rings. The molecule has 1 unspecified atom stereocenters. The average Bonchev–Trinajstić information content (AvgIpc) is 3.10. The molecular formula is C20H22N4O3. The Labute approximate surface area is 157 Å². The molecule has 1 N–H and O–H groups in total. The zero-order valence-corrected chi connectivity index (χ0v) is 15.4. The summed E-state index contributed by atoms with van der Waals surface area (Å²) in [7, 11) is 0. The van der Waals surface area contributed by atoms with Crippen LogP contribution in [0.2, 0.25) is 0 Å². The SMILES string of the molecule is Cc1ccc2oc(N3CCOC(C)(CNC(=O)c4ccccn4)C3)nc2c1. The Balaban J connectivity index is 1.45. The number of ether oxygens (including phenoxy) is 1. The number of aromatic nitrogens is 2. The van der Waals surface area contributed by atoms with Crippen LogP contribution >= 0.6 is 0 Å². The maximum atomic E-state index is 12.3. The van der Waals surface area contributed by atoms with Gasteiger partial charge in [-0.2, -0.15) is 4.98 Å². The molecule has 3 heterocycles. The van der Waals surface area contributed by atoms with Gasteiger partial charge in [-0.3, -0.25) is 9.78 Å². The summed E-state index contributed by atoms with van der Waals surface area (Å²) in [5.74, 6) is -0.213. The number of nitrogens with one attached hydrogen (secondary N) is 1. The molecule has 27 heavy (non-hydrogen) atoms. The van der Waals surface area contributed by atoms with E-state index in [1.807, 2.05) is 32.0 Å². The first-order valence-electron chi connectivity index (χ1n) is 8.98. The number of benzene rings is 1. The van der Waals surface area contributed by atoms with E-state index >= 15 is 0 Å². The molecular weight excluding hydrogens is 344 g/mol. The number of aryl methyl sites for hydroxylation is 1. The lowest BCUT2D eigenvalue weighted by molar-refractivity contribution is -0.0404. The fourth-order valence-electron chi connectivity index (χ4n) is 3.22. The van der Waals surface area contributed by atoms with Gasteiger partial charge < -0.3 is 19.4 Å². The number of hydrogen-bond donors (Lipinski definition) is 1. The van der Waals surface area contributed by atoms with Gasteiger partial charge in [0.1, 0.15) is 16.8 Å². The predicted octanol–water partition coefficient (Wildman–Crippen LogP) is 2.56. The van der Waals surface area contributed by atoms with Crippen LogP contribution in [0.3, 0.4) is 0 Å². The zero-order valence-electron chi connectivity index (χ0n) is 15.4. The Morgan fingerprint density at radius 3 is 3.04 bits per heavy atom. The van der Waals surface area contributed by atoms with Gasteiger partial charge in [-0.25, -0.2) is 0 Å². The second kappa shape index (κ2) is 7.00. The molecule has 1 atom stereocenters. The van der Waals surface area contributed by atoms with E-state index in [0.29, 0.717) is 37.9 Å². The second-order valence-corrected chi connectivity index (χ2v) is 7.09. The van der Waals surface area contributed by atoms with Gasteiger partial charge >= 0.3 is 0 Å². The molecule has 2 aromatic heterocycles. The first-order chi connectivity index (χ1) is 13.0. The van der Waals surface area contributed by atoms with E-state index in [-0.39, 0.29) is 5.91 Å². The van der Waals surface area contributed by atoms with Gasteiger partial charge in [-0.05, 0) is 43.7 Å². The van der Waals surface area contributed by atoms with E-state index < -0.39 is 5.60 Å². The van der Waals surface area contributed by atoms with Crippen LogP contribution in [-0.4, -0.2) is 47.7 Å². The van der Waals surface area contributed by atoms with Crippen LogP contribution in [0.15, 0.2) is 47.0 Å². The van der Waals surface area contributed by atoms with Crippen LogP contribution < -0.4 is 10.2 Å². The Bertz CT molecular complexity index is 956. The van der Waals surface area contributed by atoms with E-state index in [2.05, 4.69) is 20.2 Å². The lowest BCUT2D eigenvalue weighted by Crippen LogP contribution is -2.55. The first kappa shape index (κ1) is 17.5. The third-order valence-electron chi connectivity index (χ3n) is 4.66. The fourth-order valence-corrected chi connectivity index (χ4v) is 3.22. The van der Waals surface area contributed by atoms with Crippen LogP contribution in [0.1, 0.15) is 23.0 Å². The molecule has 1 aromatic carbocycles. The predicted molar refractivity (Wildman–Crippen MR) is 102 cm³/mol. The van der Waals surface area contributed by atoms with Crippen molar-refractivity contribution < 1.29 is 13.9 Å². The van der Waals surface area contributed by atoms with E-state index in [0.717, 1.165) is 16.7 Å². The molecule has 0 saturated carbocycles. The quantitative estimate of drug-likeness (QED) is 0.764. The normalized spacial score (nSPS) is 20.0. The lowest BCUT2D eigenvalue weighted by atomic mass is 10.0. The molecule has 0 aliphatic carbocycles. The van der Waals surface area contributed by atoms with Gasteiger partial charge in [0, 0.05) is 19.3 Å². The minimum Gasteiger partial charge on any atom is -0.423 e. The molecule has 1 amide bonds. The number of fused-ring (bicyclic) bond motifs is 1. The van der Waals surface area contributed by atoms with Crippen LogP contribution in [0, 0.1) is 6.92 Å². The smallest absolute Gasteiger partial charge is 0.298 e. The highest BCUT2D eigenvalue weighted by molar-refractivity contribution is 5.92. The fraction of sp³-hybridized carbons (Fsp3) is 0.350. The summed E-state index contributed by atoms with van der Waals surface area (Å²) in [6.07, 6.45) is 1.60. The number of morpholine rings is 1. The summed E-state index contributed by atoms with van der Waals surface area (Å²) in [6.45, 7) is 6.18. The van der Waals surface area contributed by atoms with Crippen molar-refractivity contribution >= 4 is 23.0 Å². The molecule has 4 rings (SSSR count). The molecule has 3 aromatic rings. The summed E-state index contributed by atoms with van der Waals surface area (Å²) < 4.78 is 11.9. The van der Waals surface area contributed by atoms with Crippen molar-refractivity contribution in [2.45, 2.75) is 19.4 Å². The molecule has 1 aliphatic rings. The topological polar surface area (TPSA) is 80.5 Å². The number of nitrogens with zero attached hydrogens (tertiary/aromatic N) is 3. The highest BCUT2D eigenvalue weighted by Gasteiger charge is 2.34. The van der Waals surface area contributed by atoms with Crippen molar-refractivity contribution in [3.8, 4) is 0 Å². The van der Waals surface area contributed by atoms with Crippen LogP contribution in [0.25, 0.3) is 11.1 Å². The monoisotopic (exact) mass is 366 g/mol. The van der Waals surface area contributed by atoms with Crippen LogP contribution in [0.5, 0.6) is 0 Å². The van der Waals surface area contributed by atoms with Crippen LogP contribution in [0.4, 0.5) is 6.01 Å². The van der Waals surface area contributed by atoms with Crippen LogP contribution in [-0.2, 0) is 4.74 Å². The third kappa shape index (κ3) is 3.78. The molecule has 0 bridgehead atoms. The Morgan fingerprint density at radius 2 is 2.22 bits per heavy atom. The summed E-state index contributed by atoms with van der Waals surface area (Å²) in [4.78, 5) is 23.0. The summed E-state index contributed by atoms with van der Waals surface area (Å²) in [5.41, 5.74) is 2.61. The number of amides is 1. The van der Waals surface area contributed by atoms with Crippen molar-refractivity contribution in [1.82, 2.24) is 15.3 Å². The maximum absolute atomic E-state index is 12.3. The Kier molecular flexibility index (Phi) is 4.53. The molecule has 1 aliphatic heterocycles. The molecule has 140 valence electrons. The van der Waals surface area contributed by atoms with E-state index in [1.54, 1.807) is 24.4 Å². The number of rotatable bonds is 4. The zero-order chi connectivity index (χ0) is 18.9. The number of hydrogen-bond acceptors (Lipinski definition) is 6. The molecule has 7 heteroatoms. The maximum Gasteiger partial charge on any atom is 0.298 e. The largest absolute Gasteiger partial charge is 0.423 e. The van der Waals surface area contributed by atoms with Crippen molar-refractivity contribution in [2.24, 2.45) is 0 Å². The van der Waals surface area contributed by atoms with Gasteiger partial charge in [0.15, 0.2) is 5.58 Å². The lowest BCUT2D eigenvalue weighted by Gasteiger charge is -2.39. The summed E-state index contributed by atoms with van der Waals surface area (Å²) in [6, 6.07) is 11.8. The minimum atomic E-state index is -0.542. The number of carbonyl (C=O) groups is 1. The number of oxazole rings is 1. The van der Waals surface area contributed by atoms with Crippen molar-refractivity contribution in [3.05, 3.63) is 53.9 Å². The number of anilines is 1. The van der Waals surface area contributed by atoms with E-state index in [4.69, 9.17) is 9.15 Å². The van der Waals surface area contributed by atoms with Gasteiger partial charge in [0.05, 0.1) is 13.2 Å². The molecule has 0 radical (unpaired) electrons. The average molecular weight is 366 g/mol. The summed E-state index contributed by atoms with van der Waals surface area (Å²) in [5, 5.41) is 2.91. The van der Waals surface area contributed by atoms with E-state index in [1.165, 1.54) is 0 Å². The molecule has 0 spiro atoms. The number of pyridine rings is 1. The van der Waals surface area contributed by atoms with Gasteiger partial charge in [-0.1, -0.05) is 12.1 Å². The van der Waals surface area contributed by atoms with E-state index in [9.17, 15) is 4.79 Å². The van der Waals surface area contributed by atoms with Crippen molar-refractivity contribution in [1.29, 1.82) is 0 Å². The number of carbonyl (C=O) groups excluding carboxylic acids is 1. The highest BCUT2D eigenvalue weighted by Crippen LogP contribution is 2.26.